The number of aromatic nitrogens is 1. The Kier molecular flexibility index (Phi) is 8.70. The molecule has 0 unspecified atom stereocenters. The van der Waals surface area contributed by atoms with Gasteiger partial charge in [0, 0.05) is 23.9 Å². The molecule has 34 heavy (non-hydrogen) atoms. The Morgan fingerprint density at radius 2 is 1.94 bits per heavy atom. The third-order valence-electron chi connectivity index (χ3n) is 5.31. The molecule has 1 aliphatic rings. The van der Waals surface area contributed by atoms with E-state index >= 15 is 0 Å². The molecule has 0 bridgehead atoms. The second kappa shape index (κ2) is 11.5. The lowest BCUT2D eigenvalue weighted by Gasteiger charge is -2.16. The number of rotatable bonds is 10. The van der Waals surface area contributed by atoms with Gasteiger partial charge in [0.2, 0.25) is 5.88 Å². The van der Waals surface area contributed by atoms with E-state index in [1.165, 1.54) is 6.08 Å². The van der Waals surface area contributed by atoms with E-state index in [1.807, 2.05) is 0 Å². The van der Waals surface area contributed by atoms with Crippen molar-refractivity contribution in [2.75, 3.05) is 19.7 Å². The van der Waals surface area contributed by atoms with Gasteiger partial charge in [-0.15, -0.1) is 0 Å². The summed E-state index contributed by atoms with van der Waals surface area (Å²) in [7, 11) is -4.24. The number of carbonyl (C=O) groups is 1. The molecule has 0 aliphatic heterocycles. The van der Waals surface area contributed by atoms with Gasteiger partial charge in [0.1, 0.15) is 24.3 Å². The zero-order valence-electron chi connectivity index (χ0n) is 18.7. The fourth-order valence-corrected chi connectivity index (χ4v) is 4.24. The van der Waals surface area contributed by atoms with E-state index in [2.05, 4.69) is 4.98 Å². The van der Waals surface area contributed by atoms with E-state index in [1.54, 1.807) is 25.3 Å². The van der Waals surface area contributed by atoms with Gasteiger partial charge in [-0.1, -0.05) is 12.2 Å². The molecule has 1 saturated carbocycles. The lowest BCUT2D eigenvalue weighted by atomic mass is 10.0. The SMILES string of the molecule is CCOC(=O)CN(C/C=C/c1c(F)cc(-c2cccnc2OC2CCCC2)cc1F)S(N)(=O)=O. The molecule has 0 saturated heterocycles. The van der Waals surface area contributed by atoms with Crippen LogP contribution in [0.5, 0.6) is 5.88 Å². The molecule has 0 amide bonds. The summed E-state index contributed by atoms with van der Waals surface area (Å²) >= 11 is 0. The number of halogens is 2. The van der Waals surface area contributed by atoms with Crippen LogP contribution in [0, 0.1) is 11.6 Å². The molecule has 2 aromatic rings. The Balaban J connectivity index is 1.79. The van der Waals surface area contributed by atoms with Gasteiger partial charge in [-0.3, -0.25) is 4.79 Å². The van der Waals surface area contributed by atoms with Crippen LogP contribution < -0.4 is 9.88 Å². The van der Waals surface area contributed by atoms with Crippen molar-refractivity contribution in [3.05, 3.63) is 53.7 Å². The third-order valence-corrected chi connectivity index (χ3v) is 6.30. The smallest absolute Gasteiger partial charge is 0.321 e. The van der Waals surface area contributed by atoms with Gasteiger partial charge in [0.25, 0.3) is 10.2 Å². The van der Waals surface area contributed by atoms with Gasteiger partial charge in [0.05, 0.1) is 6.61 Å². The highest BCUT2D eigenvalue weighted by molar-refractivity contribution is 7.86. The summed E-state index contributed by atoms with van der Waals surface area (Å²) in [4.78, 5) is 15.8. The van der Waals surface area contributed by atoms with E-state index in [9.17, 15) is 22.0 Å². The van der Waals surface area contributed by atoms with Gasteiger partial charge < -0.3 is 9.47 Å². The van der Waals surface area contributed by atoms with Crippen molar-refractivity contribution in [2.45, 2.75) is 38.7 Å². The Bertz CT molecular complexity index is 1130. The van der Waals surface area contributed by atoms with E-state index in [0.29, 0.717) is 15.7 Å². The Labute approximate surface area is 197 Å². The van der Waals surface area contributed by atoms with Crippen molar-refractivity contribution in [2.24, 2.45) is 5.14 Å². The minimum atomic E-state index is -4.24. The molecule has 0 spiro atoms. The quantitative estimate of drug-likeness (QED) is 0.506. The van der Waals surface area contributed by atoms with Crippen LogP contribution in [0.3, 0.4) is 0 Å². The first-order valence-corrected chi connectivity index (χ1v) is 12.4. The largest absolute Gasteiger partial charge is 0.474 e. The summed E-state index contributed by atoms with van der Waals surface area (Å²) < 4.78 is 64.3. The minimum absolute atomic E-state index is 0.0296. The third kappa shape index (κ3) is 6.81. The van der Waals surface area contributed by atoms with E-state index < -0.39 is 34.4 Å². The van der Waals surface area contributed by atoms with Crippen molar-refractivity contribution >= 4 is 22.3 Å². The van der Waals surface area contributed by atoms with Crippen LogP contribution in [0.2, 0.25) is 0 Å². The van der Waals surface area contributed by atoms with Gasteiger partial charge >= 0.3 is 5.97 Å². The molecule has 1 aliphatic carbocycles. The molecule has 2 N–H and O–H groups in total. The van der Waals surface area contributed by atoms with Gasteiger partial charge in [-0.05, 0) is 62.4 Å². The molecule has 1 aromatic carbocycles. The molecule has 184 valence electrons. The Morgan fingerprint density at radius 1 is 1.26 bits per heavy atom. The zero-order valence-corrected chi connectivity index (χ0v) is 19.6. The zero-order chi connectivity index (χ0) is 24.7. The predicted octanol–water partition coefficient (Wildman–Crippen LogP) is 3.43. The molecular formula is C23H27F2N3O5S. The number of hydrogen-bond donors (Lipinski definition) is 1. The molecule has 1 fully saturated rings. The number of ether oxygens (including phenoxy) is 2. The summed E-state index contributed by atoms with van der Waals surface area (Å²) in [5.74, 6) is -2.18. The van der Waals surface area contributed by atoms with Gasteiger partial charge in [0.15, 0.2) is 0 Å². The van der Waals surface area contributed by atoms with Gasteiger partial charge in [-0.2, -0.15) is 12.7 Å². The Hall–Kier alpha value is -2.89. The fourth-order valence-electron chi connectivity index (χ4n) is 3.66. The first-order chi connectivity index (χ1) is 16.2. The maximum Gasteiger partial charge on any atom is 0.321 e. The average molecular weight is 496 g/mol. The van der Waals surface area contributed by atoms with Crippen molar-refractivity contribution < 1.29 is 31.5 Å². The van der Waals surface area contributed by atoms with Crippen LogP contribution in [0.15, 0.2) is 36.5 Å². The molecule has 8 nitrogen and oxygen atoms in total. The first kappa shape index (κ1) is 25.7. The topological polar surface area (TPSA) is 112 Å². The molecular weight excluding hydrogens is 468 g/mol. The minimum Gasteiger partial charge on any atom is -0.474 e. The van der Waals surface area contributed by atoms with Crippen LogP contribution in [-0.2, 0) is 19.7 Å². The van der Waals surface area contributed by atoms with Gasteiger partial charge in [-0.25, -0.2) is 18.9 Å². The van der Waals surface area contributed by atoms with E-state index in [0.717, 1.165) is 43.9 Å². The van der Waals surface area contributed by atoms with Crippen LogP contribution in [0.25, 0.3) is 17.2 Å². The number of carbonyl (C=O) groups excluding carboxylic acids is 1. The molecule has 1 aromatic heterocycles. The predicted molar refractivity (Wildman–Crippen MR) is 123 cm³/mol. The molecule has 0 radical (unpaired) electrons. The average Bonchev–Trinajstić information content (AvgIpc) is 3.27. The van der Waals surface area contributed by atoms with Crippen molar-refractivity contribution in [3.63, 3.8) is 0 Å². The molecule has 3 rings (SSSR count). The number of hydrogen-bond acceptors (Lipinski definition) is 6. The molecule has 1 heterocycles. The summed E-state index contributed by atoms with van der Waals surface area (Å²) in [6, 6.07) is 5.67. The normalized spacial score (nSPS) is 14.7. The lowest BCUT2D eigenvalue weighted by Crippen LogP contribution is -2.40. The molecule has 0 atom stereocenters. The maximum absolute atomic E-state index is 14.8. The number of pyridine rings is 1. The number of nitrogens with two attached hydrogens (primary N) is 1. The van der Waals surface area contributed by atoms with Crippen molar-refractivity contribution in [1.29, 1.82) is 0 Å². The highest BCUT2D eigenvalue weighted by atomic mass is 32.2. The maximum atomic E-state index is 14.8. The van der Waals surface area contributed by atoms with Crippen LogP contribution in [0.4, 0.5) is 8.78 Å². The standard InChI is InChI=1S/C23H27F2N3O5S/c1-2-32-22(29)15-28(34(26,30)31)12-6-10-19-20(24)13-16(14-21(19)25)18-9-5-11-27-23(18)33-17-7-3-4-8-17/h5-6,9-11,13-14,17H,2-4,7-8,12,15H2,1H3,(H2,26,30,31)/b10-6+. The van der Waals surface area contributed by atoms with Crippen molar-refractivity contribution in [1.82, 2.24) is 9.29 Å². The summed E-state index contributed by atoms with van der Waals surface area (Å²) in [5, 5.41) is 5.11. The highest BCUT2D eigenvalue weighted by Crippen LogP contribution is 2.33. The summed E-state index contributed by atoms with van der Waals surface area (Å²) in [6.45, 7) is 0.649. The van der Waals surface area contributed by atoms with E-state index in [-0.39, 0.29) is 30.4 Å². The van der Waals surface area contributed by atoms with E-state index in [4.69, 9.17) is 14.6 Å². The van der Waals surface area contributed by atoms with Crippen LogP contribution in [-0.4, -0.2) is 49.5 Å². The van der Waals surface area contributed by atoms with Crippen LogP contribution >= 0.6 is 0 Å². The van der Waals surface area contributed by atoms with Crippen LogP contribution in [0.1, 0.15) is 38.2 Å². The second-order valence-electron chi connectivity index (χ2n) is 7.78. The van der Waals surface area contributed by atoms with Crippen molar-refractivity contribution in [3.8, 4) is 17.0 Å². The molecule has 11 heteroatoms. The highest BCUT2D eigenvalue weighted by Gasteiger charge is 2.22. The number of nitrogens with zero attached hydrogens (tertiary/aromatic N) is 2. The summed E-state index contributed by atoms with van der Waals surface area (Å²) in [5.41, 5.74) is 0.371. The lowest BCUT2D eigenvalue weighted by molar-refractivity contribution is -0.143. The Morgan fingerprint density at radius 3 is 2.56 bits per heavy atom. The fraction of sp³-hybridized carbons (Fsp3) is 0.391. The number of benzene rings is 1. The number of esters is 1. The summed E-state index contributed by atoms with van der Waals surface area (Å²) in [6.07, 6.45) is 7.84. The second-order valence-corrected chi connectivity index (χ2v) is 9.33. The monoisotopic (exact) mass is 495 g/mol. The first-order valence-electron chi connectivity index (χ1n) is 10.9.